The van der Waals surface area contributed by atoms with E-state index in [1.807, 2.05) is 11.3 Å². The molecule has 0 unspecified atom stereocenters. The minimum atomic E-state index is 1.12. The van der Waals surface area contributed by atoms with Gasteiger partial charge < -0.3 is 0 Å². The maximum Gasteiger partial charge on any atom is 0.0355 e. The average Bonchev–Trinajstić information content (AvgIpc) is 3.25. The van der Waals surface area contributed by atoms with Crippen molar-refractivity contribution < 1.29 is 0 Å². The van der Waals surface area contributed by atoms with Gasteiger partial charge in [0.15, 0.2) is 0 Å². The van der Waals surface area contributed by atoms with E-state index in [4.69, 9.17) is 0 Å². The van der Waals surface area contributed by atoms with E-state index in [1.54, 1.807) is 0 Å². The molecule has 0 N–H and O–H groups in total. The molecule has 0 saturated carbocycles. The van der Waals surface area contributed by atoms with E-state index in [0.717, 1.165) is 12.8 Å². The maximum atomic E-state index is 2.42. The van der Waals surface area contributed by atoms with Crippen LogP contribution in [0, 0.1) is 0 Å². The van der Waals surface area contributed by atoms with Gasteiger partial charge in [-0.15, -0.1) is 11.3 Å². The normalized spacial score (nSPS) is 13.1. The lowest BCUT2D eigenvalue weighted by Gasteiger charge is -2.13. The van der Waals surface area contributed by atoms with Gasteiger partial charge in [-0.1, -0.05) is 84.9 Å². The molecule has 0 radical (unpaired) electrons. The van der Waals surface area contributed by atoms with Crippen LogP contribution in [0.3, 0.4) is 0 Å². The first-order chi connectivity index (χ1) is 16.3. The monoisotopic (exact) mass is 438 g/mol. The first-order valence-electron chi connectivity index (χ1n) is 11.6. The fraction of sp³-hybridized carbons (Fsp3) is 0.0625. The van der Waals surface area contributed by atoms with Crippen LogP contribution in [-0.4, -0.2) is 0 Å². The van der Waals surface area contributed by atoms with Crippen molar-refractivity contribution >= 4 is 54.4 Å². The summed E-state index contributed by atoms with van der Waals surface area (Å²) < 4.78 is 2.71. The van der Waals surface area contributed by atoms with Crippen LogP contribution in [-0.2, 0) is 0 Å². The average molecular weight is 439 g/mol. The molecule has 0 bridgehead atoms. The Hall–Kier alpha value is -3.68. The summed E-state index contributed by atoms with van der Waals surface area (Å²) in [6, 6.07) is 35.9. The summed E-state index contributed by atoms with van der Waals surface area (Å²) in [5, 5.41) is 8.11. The molecule has 0 fully saturated rings. The Morgan fingerprint density at radius 2 is 1.21 bits per heavy atom. The third-order valence-electron chi connectivity index (χ3n) is 6.88. The molecule has 156 valence electrons. The molecule has 1 heteroatoms. The summed E-state index contributed by atoms with van der Waals surface area (Å²) in [6.07, 6.45) is 7.05. The SMILES string of the molecule is C1=c2cc3ccccc3c(-c3ccc(-c4ccc5sc6ccccc6c5c4)cc3)c2=CCC1. The zero-order chi connectivity index (χ0) is 21.8. The van der Waals surface area contributed by atoms with E-state index >= 15 is 0 Å². The second-order valence-corrected chi connectivity index (χ2v) is 9.93. The minimum Gasteiger partial charge on any atom is -0.135 e. The summed E-state index contributed by atoms with van der Waals surface area (Å²) in [6.45, 7) is 0. The molecule has 0 amide bonds. The van der Waals surface area contributed by atoms with E-state index < -0.39 is 0 Å². The van der Waals surface area contributed by atoms with E-state index in [9.17, 15) is 0 Å². The molecular weight excluding hydrogens is 416 g/mol. The van der Waals surface area contributed by atoms with E-state index in [-0.39, 0.29) is 0 Å². The van der Waals surface area contributed by atoms with Gasteiger partial charge in [0.2, 0.25) is 0 Å². The lowest BCUT2D eigenvalue weighted by molar-refractivity contribution is 1.12. The Morgan fingerprint density at radius 1 is 0.515 bits per heavy atom. The lowest BCUT2D eigenvalue weighted by atomic mass is 9.91. The van der Waals surface area contributed by atoms with E-state index in [0.29, 0.717) is 0 Å². The molecule has 0 atom stereocenters. The van der Waals surface area contributed by atoms with Crippen molar-refractivity contribution in [1.82, 2.24) is 0 Å². The van der Waals surface area contributed by atoms with Crippen molar-refractivity contribution in [3.05, 3.63) is 107 Å². The second kappa shape index (κ2) is 7.43. The van der Waals surface area contributed by atoms with Crippen molar-refractivity contribution in [2.45, 2.75) is 12.8 Å². The van der Waals surface area contributed by atoms with Gasteiger partial charge in [0.25, 0.3) is 0 Å². The number of benzene rings is 5. The first kappa shape index (κ1) is 18.8. The number of hydrogen-bond donors (Lipinski definition) is 0. The fourth-order valence-electron chi connectivity index (χ4n) is 5.29. The highest BCUT2D eigenvalue weighted by Crippen LogP contribution is 2.36. The quantitative estimate of drug-likeness (QED) is 0.258. The minimum absolute atomic E-state index is 1.12. The van der Waals surface area contributed by atoms with Crippen molar-refractivity contribution in [3.63, 3.8) is 0 Å². The first-order valence-corrected chi connectivity index (χ1v) is 12.4. The third-order valence-corrected chi connectivity index (χ3v) is 8.04. The molecule has 0 spiro atoms. The van der Waals surface area contributed by atoms with E-state index in [1.165, 1.54) is 63.6 Å². The molecule has 6 aromatic rings. The predicted octanol–water partition coefficient (Wildman–Crippen LogP) is 7.90. The van der Waals surface area contributed by atoms with Gasteiger partial charge in [0, 0.05) is 20.2 Å². The highest BCUT2D eigenvalue weighted by atomic mass is 32.1. The summed E-state index contributed by atoms with van der Waals surface area (Å²) in [4.78, 5) is 0. The highest BCUT2D eigenvalue weighted by molar-refractivity contribution is 7.25. The van der Waals surface area contributed by atoms with Crippen LogP contribution >= 0.6 is 11.3 Å². The van der Waals surface area contributed by atoms with Crippen LogP contribution in [0.4, 0.5) is 0 Å². The Kier molecular flexibility index (Phi) is 4.25. The zero-order valence-electron chi connectivity index (χ0n) is 18.2. The Morgan fingerprint density at radius 3 is 2.12 bits per heavy atom. The van der Waals surface area contributed by atoms with Crippen molar-refractivity contribution in [2.24, 2.45) is 0 Å². The fourth-order valence-corrected chi connectivity index (χ4v) is 6.37. The molecule has 5 aromatic carbocycles. The summed E-state index contributed by atoms with van der Waals surface area (Å²) in [5.74, 6) is 0. The second-order valence-electron chi connectivity index (χ2n) is 8.85. The van der Waals surface area contributed by atoms with Gasteiger partial charge in [0.1, 0.15) is 0 Å². The molecule has 1 aliphatic rings. The van der Waals surface area contributed by atoms with Crippen molar-refractivity contribution in [1.29, 1.82) is 0 Å². The number of fused-ring (bicyclic) bond motifs is 5. The van der Waals surface area contributed by atoms with Gasteiger partial charge in [-0.25, -0.2) is 0 Å². The van der Waals surface area contributed by atoms with Crippen LogP contribution in [0.25, 0.3) is 65.4 Å². The van der Waals surface area contributed by atoms with Crippen molar-refractivity contribution in [2.75, 3.05) is 0 Å². The Balaban J connectivity index is 1.39. The third kappa shape index (κ3) is 3.04. The molecule has 1 aliphatic carbocycles. The zero-order valence-corrected chi connectivity index (χ0v) is 19.0. The topological polar surface area (TPSA) is 0 Å². The van der Waals surface area contributed by atoms with Crippen LogP contribution in [0.1, 0.15) is 12.8 Å². The predicted molar refractivity (Wildman–Crippen MR) is 145 cm³/mol. The van der Waals surface area contributed by atoms with Gasteiger partial charge in [0.05, 0.1) is 0 Å². The number of rotatable bonds is 2. The molecule has 0 saturated heterocycles. The van der Waals surface area contributed by atoms with Crippen LogP contribution in [0.15, 0.2) is 97.1 Å². The van der Waals surface area contributed by atoms with Crippen molar-refractivity contribution in [3.8, 4) is 22.3 Å². The standard InChI is InChI=1S/C32H22S/c1-3-9-26-24(7-1)19-25-8-2-4-10-27(25)32(26)22-15-13-21(14-16-22)23-17-18-31-29(20-23)28-11-5-6-12-30(28)33-31/h1,3,5-20H,2,4H2. The molecule has 1 aromatic heterocycles. The molecule has 0 nitrogen and oxygen atoms in total. The molecule has 7 rings (SSSR count). The van der Waals surface area contributed by atoms with Crippen LogP contribution in [0.5, 0.6) is 0 Å². The van der Waals surface area contributed by atoms with Gasteiger partial charge in [-0.2, -0.15) is 0 Å². The largest absolute Gasteiger partial charge is 0.135 e. The Bertz CT molecular complexity index is 1800. The number of thiophene rings is 1. The van der Waals surface area contributed by atoms with Crippen LogP contribution < -0.4 is 10.4 Å². The molecule has 1 heterocycles. The lowest BCUT2D eigenvalue weighted by Crippen LogP contribution is -2.28. The van der Waals surface area contributed by atoms with Gasteiger partial charge >= 0.3 is 0 Å². The van der Waals surface area contributed by atoms with Gasteiger partial charge in [-0.3, -0.25) is 0 Å². The smallest absolute Gasteiger partial charge is 0.0355 e. The summed E-state index contributed by atoms with van der Waals surface area (Å²) >= 11 is 1.87. The number of hydrogen-bond acceptors (Lipinski definition) is 1. The van der Waals surface area contributed by atoms with Crippen LogP contribution in [0.2, 0.25) is 0 Å². The maximum absolute atomic E-state index is 2.42. The highest BCUT2D eigenvalue weighted by Gasteiger charge is 2.11. The summed E-state index contributed by atoms with van der Waals surface area (Å²) in [7, 11) is 0. The molecule has 0 aliphatic heterocycles. The Labute approximate surface area is 196 Å². The summed E-state index contributed by atoms with van der Waals surface area (Å²) in [5.41, 5.74) is 5.20. The molecule has 33 heavy (non-hydrogen) atoms. The molecular formula is C32H22S. The van der Waals surface area contributed by atoms with Gasteiger partial charge in [-0.05, 0) is 80.6 Å². The van der Waals surface area contributed by atoms with E-state index in [2.05, 4.69) is 109 Å².